The fourth-order valence-corrected chi connectivity index (χ4v) is 4.35. The van der Waals surface area contributed by atoms with Gasteiger partial charge in [0, 0.05) is 12.7 Å². The zero-order valence-electron chi connectivity index (χ0n) is 17.9. The van der Waals surface area contributed by atoms with E-state index in [9.17, 15) is 14.4 Å². The van der Waals surface area contributed by atoms with Gasteiger partial charge in [-0.1, -0.05) is 30.3 Å². The Morgan fingerprint density at radius 3 is 2.41 bits per heavy atom. The lowest BCUT2D eigenvalue weighted by Gasteiger charge is -2.19. The van der Waals surface area contributed by atoms with E-state index < -0.39 is 5.69 Å². The molecule has 0 aliphatic carbocycles. The van der Waals surface area contributed by atoms with Crippen LogP contribution in [0.15, 0.2) is 75.6 Å². The van der Waals surface area contributed by atoms with Gasteiger partial charge in [-0.05, 0) is 48.2 Å². The largest absolute Gasteiger partial charge is 0.494 e. The molecule has 2 aromatic carbocycles. The second-order valence-electron chi connectivity index (χ2n) is 7.26. The number of nitrogens with zero attached hydrogens (tertiary/aromatic N) is 3. The van der Waals surface area contributed by atoms with Gasteiger partial charge >= 0.3 is 5.69 Å². The average Bonchev–Trinajstić information content (AvgIpc) is 3.31. The molecule has 8 heteroatoms. The lowest BCUT2D eigenvalue weighted by molar-refractivity contribution is -0.118. The van der Waals surface area contributed by atoms with Gasteiger partial charge in [0.15, 0.2) is 0 Å². The van der Waals surface area contributed by atoms with Crippen molar-refractivity contribution in [1.82, 2.24) is 9.13 Å². The Hall–Kier alpha value is -3.65. The van der Waals surface area contributed by atoms with E-state index in [0.29, 0.717) is 16.8 Å². The molecule has 32 heavy (non-hydrogen) atoms. The molecule has 1 amide bonds. The zero-order chi connectivity index (χ0) is 22.7. The summed E-state index contributed by atoms with van der Waals surface area (Å²) in [4.78, 5) is 40.8. The number of ether oxygens (including phenoxy) is 1. The van der Waals surface area contributed by atoms with Crippen molar-refractivity contribution in [2.75, 3.05) is 18.6 Å². The van der Waals surface area contributed by atoms with Gasteiger partial charge in [0.05, 0.1) is 18.7 Å². The summed E-state index contributed by atoms with van der Waals surface area (Å²) in [5.74, 6) is 0.473. The fourth-order valence-electron chi connectivity index (χ4n) is 3.50. The van der Waals surface area contributed by atoms with E-state index >= 15 is 0 Å². The first-order valence-corrected chi connectivity index (χ1v) is 11.1. The lowest BCUT2D eigenvalue weighted by atomic mass is 10.2. The molecule has 0 bridgehead atoms. The number of anilines is 1. The third-order valence-electron chi connectivity index (χ3n) is 5.22. The highest BCUT2D eigenvalue weighted by atomic mass is 32.1. The van der Waals surface area contributed by atoms with Gasteiger partial charge in [-0.15, -0.1) is 11.3 Å². The van der Waals surface area contributed by atoms with Crippen LogP contribution in [0, 0.1) is 0 Å². The highest BCUT2D eigenvalue weighted by Crippen LogP contribution is 2.18. The lowest BCUT2D eigenvalue weighted by Crippen LogP contribution is -2.42. The SMILES string of the molecule is CCOc1ccc(Cn2c(=O)c3sccc3n(CC(=O)N(C)c3ccccc3)c2=O)cc1. The predicted molar refractivity (Wildman–Crippen MR) is 127 cm³/mol. The molecule has 0 aliphatic heterocycles. The minimum Gasteiger partial charge on any atom is -0.494 e. The van der Waals surface area contributed by atoms with Gasteiger partial charge in [-0.25, -0.2) is 4.79 Å². The fraction of sp³-hybridized carbons (Fsp3) is 0.208. The molecule has 7 nitrogen and oxygen atoms in total. The minimum atomic E-state index is -0.510. The predicted octanol–water partition coefficient (Wildman–Crippen LogP) is 3.33. The summed E-state index contributed by atoms with van der Waals surface area (Å²) in [6.07, 6.45) is 0. The van der Waals surface area contributed by atoms with E-state index in [4.69, 9.17) is 4.74 Å². The summed E-state index contributed by atoms with van der Waals surface area (Å²) in [7, 11) is 1.67. The first-order valence-electron chi connectivity index (χ1n) is 10.2. The molecule has 2 heterocycles. The molecule has 0 spiro atoms. The van der Waals surface area contributed by atoms with Gasteiger partial charge < -0.3 is 9.64 Å². The molecule has 4 aromatic rings. The van der Waals surface area contributed by atoms with Crippen molar-refractivity contribution < 1.29 is 9.53 Å². The number of amides is 1. The number of para-hydroxylation sites is 1. The van der Waals surface area contributed by atoms with Crippen molar-refractivity contribution in [3.63, 3.8) is 0 Å². The Balaban J connectivity index is 1.70. The van der Waals surface area contributed by atoms with Crippen molar-refractivity contribution >= 4 is 33.1 Å². The summed E-state index contributed by atoms with van der Waals surface area (Å²) in [5, 5.41) is 1.76. The number of rotatable bonds is 7. The first kappa shape index (κ1) is 21.6. The summed E-state index contributed by atoms with van der Waals surface area (Å²) in [5.41, 5.74) is 1.14. The maximum atomic E-state index is 13.3. The third-order valence-corrected chi connectivity index (χ3v) is 6.11. The molecule has 0 fully saturated rings. The van der Waals surface area contributed by atoms with Crippen LogP contribution in [0.25, 0.3) is 10.2 Å². The molecule has 4 rings (SSSR count). The monoisotopic (exact) mass is 449 g/mol. The topological polar surface area (TPSA) is 73.5 Å². The Labute approximate surface area is 188 Å². The van der Waals surface area contributed by atoms with E-state index in [-0.39, 0.29) is 24.6 Å². The standard InChI is InChI=1S/C24H23N3O4S/c1-3-31-19-11-9-17(10-12-19)15-27-23(29)22-20(13-14-32-22)26(24(27)30)16-21(28)25(2)18-7-5-4-6-8-18/h4-14H,3,15-16H2,1-2H3. The number of carbonyl (C=O) groups excluding carboxylic acids is 1. The van der Waals surface area contributed by atoms with Crippen molar-refractivity contribution in [1.29, 1.82) is 0 Å². The molecule has 0 N–H and O–H groups in total. The molecule has 0 saturated carbocycles. The normalized spacial score (nSPS) is 10.9. The maximum Gasteiger partial charge on any atom is 0.332 e. The summed E-state index contributed by atoms with van der Waals surface area (Å²) in [6, 6.07) is 18.2. The van der Waals surface area contributed by atoms with Crippen molar-refractivity contribution in [2.24, 2.45) is 0 Å². The molecular formula is C24H23N3O4S. The smallest absolute Gasteiger partial charge is 0.332 e. The number of carbonyl (C=O) groups is 1. The maximum absolute atomic E-state index is 13.3. The number of thiophene rings is 1. The Bertz CT molecular complexity index is 1350. The van der Waals surface area contributed by atoms with Gasteiger partial charge in [-0.2, -0.15) is 0 Å². The van der Waals surface area contributed by atoms with Gasteiger partial charge in [0.25, 0.3) is 5.56 Å². The molecule has 164 valence electrons. The number of hydrogen-bond acceptors (Lipinski definition) is 5. The van der Waals surface area contributed by atoms with E-state index in [1.165, 1.54) is 25.4 Å². The quantitative estimate of drug-likeness (QED) is 0.434. The number of hydrogen-bond donors (Lipinski definition) is 0. The van der Waals surface area contributed by atoms with Crippen LogP contribution >= 0.6 is 11.3 Å². The second-order valence-corrected chi connectivity index (χ2v) is 8.18. The molecule has 0 atom stereocenters. The van der Waals surface area contributed by atoms with E-state index in [1.54, 1.807) is 18.5 Å². The van der Waals surface area contributed by atoms with Gasteiger partial charge in [0.2, 0.25) is 5.91 Å². The van der Waals surface area contributed by atoms with Crippen LogP contribution in [0.5, 0.6) is 5.75 Å². The summed E-state index contributed by atoms with van der Waals surface area (Å²) < 4.78 is 8.47. The van der Waals surface area contributed by atoms with Crippen LogP contribution in [-0.4, -0.2) is 28.7 Å². The third kappa shape index (κ3) is 4.22. The zero-order valence-corrected chi connectivity index (χ0v) is 18.7. The number of fused-ring (bicyclic) bond motifs is 1. The Morgan fingerprint density at radius 2 is 1.72 bits per heavy atom. The number of aromatic nitrogens is 2. The average molecular weight is 450 g/mol. The van der Waals surface area contributed by atoms with Gasteiger partial charge in [0.1, 0.15) is 17.0 Å². The molecule has 2 aromatic heterocycles. The minimum absolute atomic E-state index is 0.112. The Morgan fingerprint density at radius 1 is 1.00 bits per heavy atom. The first-order chi connectivity index (χ1) is 15.5. The van der Waals surface area contributed by atoms with Crippen LogP contribution in [0.4, 0.5) is 5.69 Å². The van der Waals surface area contributed by atoms with Crippen LogP contribution in [0.2, 0.25) is 0 Å². The van der Waals surface area contributed by atoms with E-state index in [2.05, 4.69) is 0 Å². The van der Waals surface area contributed by atoms with E-state index in [1.807, 2.05) is 61.5 Å². The van der Waals surface area contributed by atoms with Crippen molar-refractivity contribution in [2.45, 2.75) is 20.0 Å². The van der Waals surface area contributed by atoms with Gasteiger partial charge in [-0.3, -0.25) is 18.7 Å². The molecule has 0 aliphatic rings. The highest BCUT2D eigenvalue weighted by molar-refractivity contribution is 7.17. The number of likely N-dealkylation sites (N-methyl/N-ethyl adjacent to an activating group) is 1. The van der Waals surface area contributed by atoms with Crippen molar-refractivity contribution in [3.05, 3.63) is 92.4 Å². The molecule has 0 radical (unpaired) electrons. The highest BCUT2D eigenvalue weighted by Gasteiger charge is 2.19. The van der Waals surface area contributed by atoms with Crippen LogP contribution in [0.1, 0.15) is 12.5 Å². The molecule has 0 unspecified atom stereocenters. The second kappa shape index (κ2) is 9.23. The summed E-state index contributed by atoms with van der Waals surface area (Å²) >= 11 is 1.26. The van der Waals surface area contributed by atoms with Crippen LogP contribution in [0.3, 0.4) is 0 Å². The Kier molecular flexibility index (Phi) is 6.23. The summed E-state index contributed by atoms with van der Waals surface area (Å²) in [6.45, 7) is 2.41. The van der Waals surface area contributed by atoms with Crippen LogP contribution in [-0.2, 0) is 17.9 Å². The van der Waals surface area contributed by atoms with E-state index in [0.717, 1.165) is 17.0 Å². The molecular weight excluding hydrogens is 426 g/mol. The number of benzene rings is 2. The van der Waals surface area contributed by atoms with Crippen molar-refractivity contribution in [3.8, 4) is 5.75 Å². The molecule has 0 saturated heterocycles. The van der Waals surface area contributed by atoms with Crippen LogP contribution < -0.4 is 20.9 Å².